The molecule has 5 nitrogen and oxygen atoms in total. The molecule has 2 N–H and O–H groups in total. The van der Waals surface area contributed by atoms with Gasteiger partial charge < -0.3 is 15.1 Å². The van der Waals surface area contributed by atoms with Crippen LogP contribution in [0.2, 0.25) is 0 Å². The van der Waals surface area contributed by atoms with Gasteiger partial charge in [-0.3, -0.25) is 9.59 Å². The van der Waals surface area contributed by atoms with Crippen LogP contribution in [0.5, 0.6) is 0 Å². The van der Waals surface area contributed by atoms with E-state index in [4.69, 9.17) is 5.11 Å². The normalized spacial score (nSPS) is 21.9. The number of carbonyl (C=O) groups is 2. The maximum Gasteiger partial charge on any atom is 0.303 e. The number of unbranched alkanes of at least 4 members (excludes halogenated alkanes) is 3. The monoisotopic (exact) mass is 375 g/mol. The van der Waals surface area contributed by atoms with Crippen LogP contribution in [0.1, 0.15) is 77.6 Å². The number of aliphatic carboxylic acids is 1. The second-order valence-corrected chi connectivity index (χ2v) is 7.83. The van der Waals surface area contributed by atoms with Crippen LogP contribution in [0.15, 0.2) is 12.2 Å². The maximum absolute atomic E-state index is 12.2. The van der Waals surface area contributed by atoms with Gasteiger partial charge in [0, 0.05) is 37.6 Å². The van der Waals surface area contributed by atoms with Gasteiger partial charge in [-0.2, -0.15) is 0 Å². The Morgan fingerprint density at radius 3 is 2.70 bits per heavy atom. The molecule has 0 radical (unpaired) electrons. The van der Waals surface area contributed by atoms with Gasteiger partial charge in [0.25, 0.3) is 0 Å². The van der Waals surface area contributed by atoms with Gasteiger partial charge in [0.2, 0.25) is 5.91 Å². The third kappa shape index (κ3) is 6.70. The molecule has 0 aromatic heterocycles. The lowest BCUT2D eigenvalue weighted by Gasteiger charge is -2.23. The number of nitrogens with zero attached hydrogens (tertiary/aromatic N) is 1. The predicted octanol–water partition coefficient (Wildman–Crippen LogP) is 3.51. The molecule has 0 aromatic rings. The first kappa shape index (κ1) is 21.5. The van der Waals surface area contributed by atoms with Crippen LogP contribution in [0.25, 0.3) is 0 Å². The van der Waals surface area contributed by atoms with E-state index >= 15 is 0 Å². The maximum atomic E-state index is 12.2. The molecule has 0 aromatic carbocycles. The minimum Gasteiger partial charge on any atom is -0.481 e. The molecule has 1 saturated heterocycles. The zero-order valence-electron chi connectivity index (χ0n) is 16.5. The first-order chi connectivity index (χ1) is 13.0. The molecule has 1 amide bonds. The van der Waals surface area contributed by atoms with Crippen molar-refractivity contribution in [2.75, 3.05) is 6.54 Å². The number of aliphatic hydroxyl groups excluding tert-OH is 1. The summed E-state index contributed by atoms with van der Waals surface area (Å²) < 4.78 is 0. The van der Waals surface area contributed by atoms with Gasteiger partial charge in [-0.15, -0.1) is 11.8 Å². The highest BCUT2D eigenvalue weighted by molar-refractivity contribution is 5.79. The van der Waals surface area contributed by atoms with Gasteiger partial charge in [-0.1, -0.05) is 31.9 Å². The summed E-state index contributed by atoms with van der Waals surface area (Å²) >= 11 is 0. The number of hydrogen-bond acceptors (Lipinski definition) is 3. The predicted molar refractivity (Wildman–Crippen MR) is 105 cm³/mol. The van der Waals surface area contributed by atoms with Crippen molar-refractivity contribution < 1.29 is 19.8 Å². The van der Waals surface area contributed by atoms with Crippen molar-refractivity contribution in [1.82, 2.24) is 4.90 Å². The lowest BCUT2D eigenvalue weighted by atomic mass is 9.94. The summed E-state index contributed by atoms with van der Waals surface area (Å²) in [6, 6.07) is 0.0729. The summed E-state index contributed by atoms with van der Waals surface area (Å²) in [4.78, 5) is 24.6. The molecule has 5 heteroatoms. The van der Waals surface area contributed by atoms with Crippen molar-refractivity contribution in [2.24, 2.45) is 5.41 Å². The third-order valence-corrected chi connectivity index (χ3v) is 5.69. The van der Waals surface area contributed by atoms with Crippen LogP contribution in [0.4, 0.5) is 0 Å². The Labute approximate surface area is 162 Å². The number of likely N-dealkylation sites (tertiary alicyclic amines) is 1. The second-order valence-electron chi connectivity index (χ2n) is 7.83. The number of carboxylic acids is 1. The number of carboxylic acid groups (broad SMARTS) is 1. The lowest BCUT2D eigenvalue weighted by Crippen LogP contribution is -2.33. The van der Waals surface area contributed by atoms with Crippen molar-refractivity contribution in [3.63, 3.8) is 0 Å². The molecule has 2 rings (SSSR count). The fourth-order valence-electron chi connectivity index (χ4n) is 3.70. The average molecular weight is 376 g/mol. The molecule has 2 unspecified atom stereocenters. The zero-order chi connectivity index (χ0) is 19.7. The topological polar surface area (TPSA) is 77.8 Å². The highest BCUT2D eigenvalue weighted by Gasteiger charge is 2.47. The quantitative estimate of drug-likeness (QED) is 0.329. The fraction of sp³-hybridized carbons (Fsp3) is 0.727. The van der Waals surface area contributed by atoms with Crippen molar-refractivity contribution in [3.05, 3.63) is 12.2 Å². The molecular weight excluding hydrogens is 342 g/mol. The molecule has 2 atom stereocenters. The lowest BCUT2D eigenvalue weighted by molar-refractivity contribution is -0.137. The summed E-state index contributed by atoms with van der Waals surface area (Å²) in [7, 11) is 0. The highest BCUT2D eigenvalue weighted by Crippen LogP contribution is 2.52. The molecule has 0 bridgehead atoms. The average Bonchev–Trinajstić information content (AvgIpc) is 3.34. The van der Waals surface area contributed by atoms with E-state index in [9.17, 15) is 14.7 Å². The molecule has 1 saturated carbocycles. The smallest absolute Gasteiger partial charge is 0.303 e. The molecule has 150 valence electrons. The van der Waals surface area contributed by atoms with E-state index in [-0.39, 0.29) is 23.8 Å². The second kappa shape index (κ2) is 10.5. The number of hydrogen-bond donors (Lipinski definition) is 2. The fourth-order valence-corrected chi connectivity index (χ4v) is 3.70. The van der Waals surface area contributed by atoms with Crippen LogP contribution in [-0.4, -0.2) is 45.7 Å². The van der Waals surface area contributed by atoms with Crippen molar-refractivity contribution >= 4 is 11.9 Å². The van der Waals surface area contributed by atoms with Crippen LogP contribution in [-0.2, 0) is 9.59 Å². The molecule has 1 aliphatic carbocycles. The van der Waals surface area contributed by atoms with Gasteiger partial charge in [0.1, 0.15) is 0 Å². The summed E-state index contributed by atoms with van der Waals surface area (Å²) in [6.45, 7) is 2.74. The number of rotatable bonds is 11. The van der Waals surface area contributed by atoms with Gasteiger partial charge in [0.05, 0.1) is 12.1 Å². The van der Waals surface area contributed by atoms with Gasteiger partial charge in [0.15, 0.2) is 0 Å². The molecule has 1 heterocycles. The first-order valence-corrected chi connectivity index (χ1v) is 10.3. The van der Waals surface area contributed by atoms with Gasteiger partial charge >= 0.3 is 5.97 Å². The van der Waals surface area contributed by atoms with Crippen LogP contribution in [0, 0.1) is 17.3 Å². The molecule has 1 aliphatic heterocycles. The Kier molecular flexibility index (Phi) is 8.37. The van der Waals surface area contributed by atoms with Crippen molar-refractivity contribution in [3.8, 4) is 11.8 Å². The Balaban J connectivity index is 1.77. The van der Waals surface area contributed by atoms with E-state index in [2.05, 4.69) is 11.8 Å². The Morgan fingerprint density at radius 2 is 2.04 bits per heavy atom. The summed E-state index contributed by atoms with van der Waals surface area (Å²) in [6.07, 6.45) is 12.0. The van der Waals surface area contributed by atoms with Crippen LogP contribution >= 0.6 is 0 Å². The van der Waals surface area contributed by atoms with Crippen molar-refractivity contribution in [2.45, 2.75) is 89.7 Å². The first-order valence-electron chi connectivity index (χ1n) is 10.3. The molecule has 27 heavy (non-hydrogen) atoms. The minimum atomic E-state index is -0.748. The molecule has 0 spiro atoms. The van der Waals surface area contributed by atoms with E-state index < -0.39 is 12.1 Å². The van der Waals surface area contributed by atoms with E-state index in [0.717, 1.165) is 51.4 Å². The summed E-state index contributed by atoms with van der Waals surface area (Å²) in [5.74, 6) is 5.68. The third-order valence-electron chi connectivity index (χ3n) is 5.69. The Bertz CT molecular complexity index is 597. The summed E-state index contributed by atoms with van der Waals surface area (Å²) in [5, 5.41) is 19.2. The minimum absolute atomic E-state index is 0.0729. The van der Waals surface area contributed by atoms with E-state index in [1.54, 1.807) is 0 Å². The van der Waals surface area contributed by atoms with Crippen molar-refractivity contribution in [1.29, 1.82) is 0 Å². The largest absolute Gasteiger partial charge is 0.481 e. The summed E-state index contributed by atoms with van der Waals surface area (Å²) in [5.41, 5.74) is -0.0732. The van der Waals surface area contributed by atoms with E-state index in [1.165, 1.54) is 0 Å². The van der Waals surface area contributed by atoms with Gasteiger partial charge in [-0.05, 0) is 32.1 Å². The van der Waals surface area contributed by atoms with E-state index in [1.807, 2.05) is 24.0 Å². The standard InChI is InChI=1S/C22H33NO4/c1-2-3-7-14-22(15-16-22)19(24)12-10-18-11-13-20(25)23(18)17-8-5-4-6-9-21(26)27/h10,12,18-19,24H,2,4-6,8-9,11,13-17H2,1H3,(H,26,27). The number of aliphatic hydroxyl groups is 1. The zero-order valence-corrected chi connectivity index (χ0v) is 16.5. The number of carbonyl (C=O) groups excluding carboxylic acids is 1. The SMILES string of the molecule is CCC#CCC1(C(O)C=CC2CCC(=O)N2CCCCCCC(=O)O)CC1. The number of amides is 1. The Morgan fingerprint density at radius 1 is 1.30 bits per heavy atom. The van der Waals surface area contributed by atoms with Crippen LogP contribution < -0.4 is 0 Å². The van der Waals surface area contributed by atoms with E-state index in [0.29, 0.717) is 19.4 Å². The van der Waals surface area contributed by atoms with Gasteiger partial charge in [-0.25, -0.2) is 0 Å². The van der Waals surface area contributed by atoms with Crippen LogP contribution in [0.3, 0.4) is 0 Å². The highest BCUT2D eigenvalue weighted by atomic mass is 16.4. The molecular formula is C22H33NO4. The molecule has 2 fully saturated rings. The Hall–Kier alpha value is -1.80. The molecule has 2 aliphatic rings.